The second-order valence-electron chi connectivity index (χ2n) is 4.23. The largest absolute Gasteiger partial charge is 0.496 e. The van der Waals surface area contributed by atoms with E-state index in [0.717, 1.165) is 38.3 Å². The summed E-state index contributed by atoms with van der Waals surface area (Å²) in [6.07, 6.45) is 2.09. The van der Waals surface area contributed by atoms with Gasteiger partial charge < -0.3 is 14.8 Å². The SMILES string of the molecule is CCCNC(CCOCC)c1ccccc1OC. The smallest absolute Gasteiger partial charge is 0.123 e. The van der Waals surface area contributed by atoms with Crippen LogP contribution in [0.25, 0.3) is 0 Å². The predicted molar refractivity (Wildman–Crippen MR) is 75.1 cm³/mol. The molecule has 0 aliphatic heterocycles. The van der Waals surface area contributed by atoms with Crippen LogP contribution in [-0.4, -0.2) is 26.9 Å². The minimum Gasteiger partial charge on any atom is -0.496 e. The van der Waals surface area contributed by atoms with Crippen LogP contribution in [0.1, 0.15) is 38.3 Å². The Kier molecular flexibility index (Phi) is 7.46. The van der Waals surface area contributed by atoms with Crippen molar-refractivity contribution in [2.24, 2.45) is 0 Å². The second-order valence-corrected chi connectivity index (χ2v) is 4.23. The van der Waals surface area contributed by atoms with E-state index in [1.807, 2.05) is 19.1 Å². The van der Waals surface area contributed by atoms with Gasteiger partial charge in [0.1, 0.15) is 5.75 Å². The van der Waals surface area contributed by atoms with Crippen molar-refractivity contribution in [3.05, 3.63) is 29.8 Å². The Balaban J connectivity index is 2.72. The zero-order valence-corrected chi connectivity index (χ0v) is 11.7. The van der Waals surface area contributed by atoms with E-state index >= 15 is 0 Å². The fourth-order valence-corrected chi connectivity index (χ4v) is 1.99. The summed E-state index contributed by atoms with van der Waals surface area (Å²) in [6.45, 7) is 6.75. The van der Waals surface area contributed by atoms with Crippen LogP contribution in [0.3, 0.4) is 0 Å². The lowest BCUT2D eigenvalue weighted by Crippen LogP contribution is -2.24. The van der Waals surface area contributed by atoms with Gasteiger partial charge in [0.2, 0.25) is 0 Å². The Morgan fingerprint density at radius 2 is 2.00 bits per heavy atom. The summed E-state index contributed by atoms with van der Waals surface area (Å²) >= 11 is 0. The highest BCUT2D eigenvalue weighted by Crippen LogP contribution is 2.26. The van der Waals surface area contributed by atoms with Gasteiger partial charge in [0.05, 0.1) is 7.11 Å². The molecule has 0 spiro atoms. The third kappa shape index (κ3) is 4.67. The third-order valence-corrected chi connectivity index (χ3v) is 2.91. The van der Waals surface area contributed by atoms with Gasteiger partial charge in [-0.15, -0.1) is 0 Å². The van der Waals surface area contributed by atoms with E-state index < -0.39 is 0 Å². The van der Waals surface area contributed by atoms with Gasteiger partial charge in [-0.3, -0.25) is 0 Å². The molecule has 0 bridgehead atoms. The van der Waals surface area contributed by atoms with Crippen molar-refractivity contribution in [1.29, 1.82) is 0 Å². The van der Waals surface area contributed by atoms with Crippen molar-refractivity contribution >= 4 is 0 Å². The molecule has 0 aromatic heterocycles. The molecule has 3 heteroatoms. The number of nitrogens with one attached hydrogen (secondary N) is 1. The molecule has 0 radical (unpaired) electrons. The Hall–Kier alpha value is -1.06. The highest BCUT2D eigenvalue weighted by molar-refractivity contribution is 5.35. The van der Waals surface area contributed by atoms with Crippen LogP contribution in [0.2, 0.25) is 0 Å². The zero-order chi connectivity index (χ0) is 13.2. The number of para-hydroxylation sites is 1. The maximum Gasteiger partial charge on any atom is 0.123 e. The van der Waals surface area contributed by atoms with E-state index in [4.69, 9.17) is 9.47 Å². The van der Waals surface area contributed by atoms with Gasteiger partial charge in [0.25, 0.3) is 0 Å². The molecule has 0 aliphatic rings. The molecule has 0 saturated carbocycles. The molecule has 0 aliphatic carbocycles. The number of hydrogen-bond donors (Lipinski definition) is 1. The van der Waals surface area contributed by atoms with Crippen LogP contribution < -0.4 is 10.1 Å². The highest BCUT2D eigenvalue weighted by Gasteiger charge is 2.14. The zero-order valence-electron chi connectivity index (χ0n) is 11.7. The first-order chi connectivity index (χ1) is 8.83. The molecular weight excluding hydrogens is 226 g/mol. The Bertz CT molecular complexity index is 328. The predicted octanol–water partition coefficient (Wildman–Crippen LogP) is 3.16. The molecule has 0 saturated heterocycles. The normalized spacial score (nSPS) is 12.4. The molecule has 1 aromatic carbocycles. The molecule has 102 valence electrons. The standard InChI is InChI=1S/C15H25NO2/c1-4-11-16-14(10-12-18-5-2)13-8-6-7-9-15(13)17-3/h6-9,14,16H,4-5,10-12H2,1-3H3. The minimum absolute atomic E-state index is 0.299. The van der Waals surface area contributed by atoms with Gasteiger partial charge in [-0.05, 0) is 32.4 Å². The molecular formula is C15H25NO2. The minimum atomic E-state index is 0.299. The third-order valence-electron chi connectivity index (χ3n) is 2.91. The maximum absolute atomic E-state index is 5.46. The summed E-state index contributed by atoms with van der Waals surface area (Å²) in [5.41, 5.74) is 1.22. The van der Waals surface area contributed by atoms with Crippen LogP contribution in [-0.2, 0) is 4.74 Å². The van der Waals surface area contributed by atoms with Crippen LogP contribution in [0, 0.1) is 0 Å². The molecule has 1 rings (SSSR count). The van der Waals surface area contributed by atoms with Gasteiger partial charge in [-0.25, -0.2) is 0 Å². The fourth-order valence-electron chi connectivity index (χ4n) is 1.99. The van der Waals surface area contributed by atoms with Crippen molar-refractivity contribution in [2.45, 2.75) is 32.7 Å². The van der Waals surface area contributed by atoms with Crippen molar-refractivity contribution in [1.82, 2.24) is 5.32 Å². The molecule has 3 nitrogen and oxygen atoms in total. The molecule has 0 heterocycles. The van der Waals surface area contributed by atoms with Gasteiger partial charge in [0.15, 0.2) is 0 Å². The van der Waals surface area contributed by atoms with Crippen molar-refractivity contribution in [3.63, 3.8) is 0 Å². The van der Waals surface area contributed by atoms with E-state index in [2.05, 4.69) is 24.4 Å². The van der Waals surface area contributed by atoms with E-state index in [9.17, 15) is 0 Å². The molecule has 0 amide bonds. The summed E-state index contributed by atoms with van der Waals surface area (Å²) in [4.78, 5) is 0. The number of methoxy groups -OCH3 is 1. The summed E-state index contributed by atoms with van der Waals surface area (Å²) in [5.74, 6) is 0.947. The highest BCUT2D eigenvalue weighted by atomic mass is 16.5. The quantitative estimate of drug-likeness (QED) is 0.684. The Labute approximate surface area is 110 Å². The lowest BCUT2D eigenvalue weighted by Gasteiger charge is -2.21. The number of hydrogen-bond acceptors (Lipinski definition) is 3. The van der Waals surface area contributed by atoms with Crippen molar-refractivity contribution in [2.75, 3.05) is 26.9 Å². The van der Waals surface area contributed by atoms with E-state index in [1.165, 1.54) is 5.56 Å². The first kappa shape index (κ1) is 15.0. The van der Waals surface area contributed by atoms with E-state index in [1.54, 1.807) is 7.11 Å². The van der Waals surface area contributed by atoms with E-state index in [0.29, 0.717) is 6.04 Å². The summed E-state index contributed by atoms with van der Waals surface area (Å²) in [6, 6.07) is 8.49. The van der Waals surface area contributed by atoms with Gasteiger partial charge >= 0.3 is 0 Å². The lowest BCUT2D eigenvalue weighted by molar-refractivity contribution is 0.136. The van der Waals surface area contributed by atoms with Crippen LogP contribution in [0.5, 0.6) is 5.75 Å². The van der Waals surface area contributed by atoms with Crippen molar-refractivity contribution in [3.8, 4) is 5.75 Å². The molecule has 1 unspecified atom stereocenters. The summed E-state index contributed by atoms with van der Waals surface area (Å²) in [7, 11) is 1.72. The number of ether oxygens (including phenoxy) is 2. The van der Waals surface area contributed by atoms with E-state index in [-0.39, 0.29) is 0 Å². The average Bonchev–Trinajstić information content (AvgIpc) is 2.42. The topological polar surface area (TPSA) is 30.5 Å². The Morgan fingerprint density at radius 3 is 2.67 bits per heavy atom. The lowest BCUT2D eigenvalue weighted by atomic mass is 10.0. The number of benzene rings is 1. The number of rotatable bonds is 9. The van der Waals surface area contributed by atoms with Crippen LogP contribution in [0.4, 0.5) is 0 Å². The first-order valence-corrected chi connectivity index (χ1v) is 6.77. The molecule has 1 atom stereocenters. The molecule has 0 fully saturated rings. The average molecular weight is 251 g/mol. The van der Waals surface area contributed by atoms with Crippen LogP contribution in [0.15, 0.2) is 24.3 Å². The maximum atomic E-state index is 5.46. The fraction of sp³-hybridized carbons (Fsp3) is 0.600. The second kappa shape index (κ2) is 8.95. The van der Waals surface area contributed by atoms with Crippen LogP contribution >= 0.6 is 0 Å². The monoisotopic (exact) mass is 251 g/mol. The van der Waals surface area contributed by atoms with Gasteiger partial charge in [-0.1, -0.05) is 25.1 Å². The molecule has 1 aromatic rings. The van der Waals surface area contributed by atoms with Gasteiger partial charge in [0, 0.05) is 24.8 Å². The summed E-state index contributed by atoms with van der Waals surface area (Å²) in [5, 5.41) is 3.56. The first-order valence-electron chi connectivity index (χ1n) is 6.77. The van der Waals surface area contributed by atoms with Gasteiger partial charge in [-0.2, -0.15) is 0 Å². The molecule has 1 N–H and O–H groups in total. The Morgan fingerprint density at radius 1 is 1.22 bits per heavy atom. The molecule has 18 heavy (non-hydrogen) atoms. The van der Waals surface area contributed by atoms with Crippen molar-refractivity contribution < 1.29 is 9.47 Å². The summed E-state index contributed by atoms with van der Waals surface area (Å²) < 4.78 is 10.9.